The lowest BCUT2D eigenvalue weighted by Crippen LogP contribution is -2.53. The van der Waals surface area contributed by atoms with Crippen LogP contribution in [0.15, 0.2) is 41.5 Å². The van der Waals surface area contributed by atoms with Crippen LogP contribution in [0.1, 0.15) is 56.6 Å². The van der Waals surface area contributed by atoms with Gasteiger partial charge in [-0.3, -0.25) is 0 Å². The van der Waals surface area contributed by atoms with Gasteiger partial charge in [0.15, 0.2) is 0 Å². The monoisotopic (exact) mass is 308 g/mol. The molecule has 5 aliphatic rings. The Morgan fingerprint density at radius 1 is 0.957 bits per heavy atom. The van der Waals surface area contributed by atoms with E-state index in [-0.39, 0.29) is 11.7 Å². The van der Waals surface area contributed by atoms with E-state index in [1.54, 1.807) is 11.1 Å². The lowest BCUT2D eigenvalue weighted by molar-refractivity contribution is -0.128. The number of benzene rings is 1. The molecule has 6 rings (SSSR count). The summed E-state index contributed by atoms with van der Waals surface area (Å²) in [7, 11) is 0. The van der Waals surface area contributed by atoms with Gasteiger partial charge in [-0.1, -0.05) is 42.3 Å². The second-order valence-corrected chi connectivity index (χ2v) is 8.16. The Labute approximate surface area is 137 Å². The van der Waals surface area contributed by atoms with Crippen LogP contribution in [0.2, 0.25) is 0 Å². The Kier molecular flexibility index (Phi) is 2.58. The number of ether oxygens (including phenoxy) is 2. The van der Waals surface area contributed by atoms with Crippen molar-refractivity contribution in [2.45, 2.75) is 68.9 Å². The molecule has 3 fully saturated rings. The zero-order valence-electron chi connectivity index (χ0n) is 13.5. The summed E-state index contributed by atoms with van der Waals surface area (Å²) in [5.41, 5.74) is 4.77. The van der Waals surface area contributed by atoms with E-state index in [4.69, 9.17) is 9.47 Å². The van der Waals surface area contributed by atoms with Gasteiger partial charge in [-0.25, -0.2) is 0 Å². The molecule has 0 unspecified atom stereocenters. The molecule has 6 atom stereocenters. The summed E-state index contributed by atoms with van der Waals surface area (Å²) in [6.07, 6.45) is 9.93. The molecule has 1 aromatic rings. The second-order valence-electron chi connectivity index (χ2n) is 8.16. The van der Waals surface area contributed by atoms with Crippen LogP contribution >= 0.6 is 0 Å². The zero-order chi connectivity index (χ0) is 15.0. The van der Waals surface area contributed by atoms with E-state index in [0.717, 1.165) is 5.92 Å². The van der Waals surface area contributed by atoms with Gasteiger partial charge in [0.2, 0.25) is 0 Å². The van der Waals surface area contributed by atoms with Crippen molar-refractivity contribution in [2.75, 3.05) is 0 Å². The van der Waals surface area contributed by atoms with Crippen molar-refractivity contribution >= 4 is 0 Å². The molecule has 0 radical (unpaired) electrons. The van der Waals surface area contributed by atoms with Crippen LogP contribution in [0, 0.1) is 11.8 Å². The second kappa shape index (κ2) is 4.49. The number of hydrogen-bond donors (Lipinski definition) is 0. The van der Waals surface area contributed by atoms with Crippen LogP contribution in [0.5, 0.6) is 0 Å². The molecule has 3 aliphatic heterocycles. The fourth-order valence-electron chi connectivity index (χ4n) is 6.58. The normalized spacial score (nSPS) is 46.9. The smallest absolute Gasteiger partial charge is 0.107 e. The van der Waals surface area contributed by atoms with E-state index in [0.29, 0.717) is 18.1 Å². The summed E-state index contributed by atoms with van der Waals surface area (Å²) >= 11 is 0. The van der Waals surface area contributed by atoms with Gasteiger partial charge in [0.25, 0.3) is 0 Å². The predicted molar refractivity (Wildman–Crippen MR) is 88.0 cm³/mol. The Bertz CT molecular complexity index is 678. The van der Waals surface area contributed by atoms with Crippen LogP contribution in [0.3, 0.4) is 0 Å². The Morgan fingerprint density at radius 3 is 2.74 bits per heavy atom. The van der Waals surface area contributed by atoms with Gasteiger partial charge in [-0.15, -0.1) is 0 Å². The van der Waals surface area contributed by atoms with Crippen LogP contribution < -0.4 is 0 Å². The van der Waals surface area contributed by atoms with Crippen molar-refractivity contribution < 1.29 is 9.47 Å². The van der Waals surface area contributed by atoms with Crippen molar-refractivity contribution in [1.29, 1.82) is 0 Å². The molecule has 1 spiro atoms. The Hall–Kier alpha value is -1.12. The van der Waals surface area contributed by atoms with Crippen LogP contribution in [0.4, 0.5) is 0 Å². The number of hydrogen-bond acceptors (Lipinski definition) is 2. The Morgan fingerprint density at radius 2 is 1.83 bits per heavy atom. The highest BCUT2D eigenvalue weighted by molar-refractivity contribution is 5.40. The summed E-state index contributed by atoms with van der Waals surface area (Å²) < 4.78 is 13.6. The minimum absolute atomic E-state index is 0.00655. The maximum atomic E-state index is 6.86. The molecule has 23 heavy (non-hydrogen) atoms. The fourth-order valence-corrected chi connectivity index (χ4v) is 6.58. The molecule has 0 N–H and O–H groups in total. The molecule has 2 nitrogen and oxygen atoms in total. The minimum Gasteiger partial charge on any atom is -0.367 e. The highest BCUT2D eigenvalue weighted by Crippen LogP contribution is 2.67. The van der Waals surface area contributed by atoms with E-state index in [9.17, 15) is 0 Å². The summed E-state index contributed by atoms with van der Waals surface area (Å²) in [6.45, 7) is 0. The van der Waals surface area contributed by atoms with E-state index in [2.05, 4.69) is 30.3 Å². The van der Waals surface area contributed by atoms with E-state index in [1.807, 2.05) is 0 Å². The molecule has 0 aromatic heterocycles. The van der Waals surface area contributed by atoms with Crippen molar-refractivity contribution in [3.63, 3.8) is 0 Å². The molecule has 2 aliphatic carbocycles. The first-order valence-electron chi connectivity index (χ1n) is 9.48. The minimum atomic E-state index is 0.00655. The largest absolute Gasteiger partial charge is 0.367 e. The van der Waals surface area contributed by atoms with Crippen molar-refractivity contribution in [1.82, 2.24) is 0 Å². The van der Waals surface area contributed by atoms with Gasteiger partial charge in [-0.2, -0.15) is 0 Å². The topological polar surface area (TPSA) is 18.5 Å². The standard InChI is InChI=1S/C21H24O2/c1-2-6-13(7-3-1)20-19-16-10-5-9-15(16)17-12-14-8-4-11-18(22-20)21(14,19)23-17/h1-3,6-7,14,17-20H,4-5,8-12H2/t14-,17+,18+,19-,20+,21+/m1/s1. The first kappa shape index (κ1) is 13.2. The van der Waals surface area contributed by atoms with E-state index >= 15 is 0 Å². The molecule has 1 aromatic carbocycles. The third kappa shape index (κ3) is 1.52. The molecule has 120 valence electrons. The summed E-state index contributed by atoms with van der Waals surface area (Å²) in [6, 6.07) is 10.9. The third-order valence-corrected chi connectivity index (χ3v) is 7.30. The molecule has 0 amide bonds. The molecule has 3 heterocycles. The van der Waals surface area contributed by atoms with Crippen LogP contribution in [0.25, 0.3) is 0 Å². The SMILES string of the molecule is c1ccc([C@@H]2O[C@H]3CCC[C@@H]4C[C@@H]5O[C@@]43[C@@H]2C2=C5CCC2)cc1. The highest BCUT2D eigenvalue weighted by atomic mass is 16.6. The quantitative estimate of drug-likeness (QED) is 0.708. The van der Waals surface area contributed by atoms with E-state index < -0.39 is 0 Å². The maximum Gasteiger partial charge on any atom is 0.107 e. The van der Waals surface area contributed by atoms with Gasteiger partial charge < -0.3 is 9.47 Å². The summed E-state index contributed by atoms with van der Waals surface area (Å²) in [4.78, 5) is 0. The summed E-state index contributed by atoms with van der Waals surface area (Å²) in [5.74, 6) is 1.20. The number of fused-ring (bicyclic) bond motifs is 3. The van der Waals surface area contributed by atoms with Crippen LogP contribution in [-0.4, -0.2) is 17.8 Å². The van der Waals surface area contributed by atoms with Gasteiger partial charge >= 0.3 is 0 Å². The first-order chi connectivity index (χ1) is 11.4. The molecule has 2 saturated heterocycles. The van der Waals surface area contributed by atoms with Gasteiger partial charge in [0.05, 0.1) is 18.3 Å². The molecule has 2 heteroatoms. The Balaban J connectivity index is 1.55. The van der Waals surface area contributed by atoms with Gasteiger partial charge in [0.1, 0.15) is 5.60 Å². The maximum absolute atomic E-state index is 6.86. The molecular formula is C21H24O2. The first-order valence-corrected chi connectivity index (χ1v) is 9.48. The highest BCUT2D eigenvalue weighted by Gasteiger charge is 2.69. The lowest BCUT2D eigenvalue weighted by Gasteiger charge is -2.45. The predicted octanol–water partition coefficient (Wildman–Crippen LogP) is 4.56. The van der Waals surface area contributed by atoms with E-state index in [1.165, 1.54) is 50.5 Å². The number of rotatable bonds is 1. The van der Waals surface area contributed by atoms with Crippen LogP contribution in [-0.2, 0) is 9.47 Å². The van der Waals surface area contributed by atoms with Crippen molar-refractivity contribution in [3.05, 3.63) is 47.0 Å². The van der Waals surface area contributed by atoms with Crippen molar-refractivity contribution in [2.24, 2.45) is 11.8 Å². The molecule has 1 saturated carbocycles. The third-order valence-electron chi connectivity index (χ3n) is 7.30. The molecule has 2 bridgehead atoms. The fraction of sp³-hybridized carbons (Fsp3) is 0.619. The van der Waals surface area contributed by atoms with Gasteiger partial charge in [-0.05, 0) is 55.6 Å². The van der Waals surface area contributed by atoms with Gasteiger partial charge in [0, 0.05) is 5.92 Å². The van der Waals surface area contributed by atoms with Crippen molar-refractivity contribution in [3.8, 4) is 0 Å². The summed E-state index contributed by atoms with van der Waals surface area (Å²) in [5, 5.41) is 0. The zero-order valence-corrected chi connectivity index (χ0v) is 13.5. The average molecular weight is 308 g/mol. The lowest BCUT2D eigenvalue weighted by atomic mass is 9.65. The average Bonchev–Trinajstić information content (AvgIpc) is 3.26. The molecular weight excluding hydrogens is 284 g/mol.